The number of carboxylic acids is 1. The second-order valence-corrected chi connectivity index (χ2v) is 3.62. The van der Waals surface area contributed by atoms with E-state index in [1.807, 2.05) is 0 Å². The Bertz CT molecular complexity index is 466. The van der Waals surface area contributed by atoms with E-state index in [1.165, 1.54) is 18.7 Å². The van der Waals surface area contributed by atoms with E-state index in [4.69, 9.17) is 5.11 Å². The van der Waals surface area contributed by atoms with Gasteiger partial charge >= 0.3 is 5.97 Å². The number of likely N-dealkylation sites (N-methyl/N-ethyl adjacent to an activating group) is 1. The van der Waals surface area contributed by atoms with E-state index in [2.05, 4.69) is 4.98 Å². The Balaban J connectivity index is 3.00. The molecule has 1 aromatic rings. The van der Waals surface area contributed by atoms with E-state index in [9.17, 15) is 9.59 Å². The smallest absolute Gasteiger partial charge is 0.331 e. The minimum atomic E-state index is -1.08. The van der Waals surface area contributed by atoms with Gasteiger partial charge in [-0.15, -0.1) is 0 Å². The van der Waals surface area contributed by atoms with Gasteiger partial charge in [-0.05, 0) is 26.0 Å². The molecule has 1 N–H and O–H groups in total. The SMILES string of the molecule is C/C(C(=O)O)=C(\C)C(=O)N(C)c1ccncc1. The monoisotopic (exact) mass is 234 g/mol. The molecule has 5 nitrogen and oxygen atoms in total. The summed E-state index contributed by atoms with van der Waals surface area (Å²) in [5.41, 5.74) is 0.940. The van der Waals surface area contributed by atoms with Crippen LogP contribution < -0.4 is 4.90 Å². The highest BCUT2D eigenvalue weighted by Gasteiger charge is 2.17. The average molecular weight is 234 g/mol. The van der Waals surface area contributed by atoms with Crippen LogP contribution in [0.5, 0.6) is 0 Å². The summed E-state index contributed by atoms with van der Waals surface area (Å²) in [4.78, 5) is 28.0. The molecule has 0 saturated heterocycles. The first kappa shape index (κ1) is 12.9. The number of carboxylic acid groups (broad SMARTS) is 1. The van der Waals surface area contributed by atoms with Gasteiger partial charge in [-0.3, -0.25) is 9.78 Å². The molecule has 0 spiro atoms. The highest BCUT2D eigenvalue weighted by atomic mass is 16.4. The zero-order valence-corrected chi connectivity index (χ0v) is 9.97. The number of amides is 1. The Morgan fingerprint density at radius 2 is 1.71 bits per heavy atom. The summed E-state index contributed by atoms with van der Waals surface area (Å²) in [6.07, 6.45) is 3.14. The molecule has 5 heteroatoms. The number of rotatable bonds is 3. The summed E-state index contributed by atoms with van der Waals surface area (Å²) in [7, 11) is 1.59. The molecule has 0 atom stereocenters. The number of hydrogen-bond acceptors (Lipinski definition) is 3. The largest absolute Gasteiger partial charge is 0.478 e. The predicted octanol–water partition coefficient (Wildman–Crippen LogP) is 1.47. The van der Waals surface area contributed by atoms with Crippen molar-refractivity contribution in [2.24, 2.45) is 0 Å². The summed E-state index contributed by atoms with van der Waals surface area (Å²) in [6.45, 7) is 2.92. The van der Waals surface area contributed by atoms with Crippen LogP contribution in [0.4, 0.5) is 5.69 Å². The van der Waals surface area contributed by atoms with Gasteiger partial charge in [-0.25, -0.2) is 4.79 Å². The van der Waals surface area contributed by atoms with Crippen molar-refractivity contribution in [1.82, 2.24) is 4.98 Å². The van der Waals surface area contributed by atoms with E-state index < -0.39 is 5.97 Å². The Hall–Kier alpha value is -2.17. The summed E-state index contributed by atoms with van der Waals surface area (Å²) in [5, 5.41) is 8.82. The zero-order chi connectivity index (χ0) is 13.0. The number of aromatic nitrogens is 1. The van der Waals surface area contributed by atoms with Crippen LogP contribution in [0.1, 0.15) is 13.8 Å². The van der Waals surface area contributed by atoms with Gasteiger partial charge in [0.15, 0.2) is 0 Å². The Morgan fingerprint density at radius 3 is 2.18 bits per heavy atom. The third kappa shape index (κ3) is 2.90. The molecule has 0 fully saturated rings. The number of nitrogens with zero attached hydrogens (tertiary/aromatic N) is 2. The van der Waals surface area contributed by atoms with Crippen molar-refractivity contribution < 1.29 is 14.7 Å². The van der Waals surface area contributed by atoms with Crippen LogP contribution in [-0.4, -0.2) is 29.0 Å². The Kier molecular flexibility index (Phi) is 3.98. The fourth-order valence-electron chi connectivity index (χ4n) is 1.26. The molecule has 0 bridgehead atoms. The summed E-state index contributed by atoms with van der Waals surface area (Å²) >= 11 is 0. The first-order chi connectivity index (χ1) is 7.95. The fraction of sp³-hybridized carbons (Fsp3) is 0.250. The minimum absolute atomic E-state index is 0.0518. The lowest BCUT2D eigenvalue weighted by Crippen LogP contribution is -2.28. The maximum Gasteiger partial charge on any atom is 0.331 e. The van der Waals surface area contributed by atoms with Crippen LogP contribution in [-0.2, 0) is 9.59 Å². The maximum absolute atomic E-state index is 12.0. The van der Waals surface area contributed by atoms with Gasteiger partial charge in [0.25, 0.3) is 5.91 Å². The molecule has 0 aliphatic carbocycles. The quantitative estimate of drug-likeness (QED) is 0.804. The molecule has 90 valence electrons. The van der Waals surface area contributed by atoms with Crippen LogP contribution in [0, 0.1) is 0 Å². The van der Waals surface area contributed by atoms with Gasteiger partial charge in [0.2, 0.25) is 0 Å². The standard InChI is InChI=1S/C12H14N2O3/c1-8(9(2)12(16)17)11(15)14(3)10-4-6-13-7-5-10/h4-7H,1-3H3,(H,16,17)/b9-8-. The fourth-order valence-corrected chi connectivity index (χ4v) is 1.26. The third-order valence-electron chi connectivity index (χ3n) is 2.56. The molecular formula is C12H14N2O3. The topological polar surface area (TPSA) is 70.5 Å². The lowest BCUT2D eigenvalue weighted by molar-refractivity contribution is -0.133. The average Bonchev–Trinajstić information content (AvgIpc) is 2.36. The Morgan fingerprint density at radius 1 is 1.18 bits per heavy atom. The summed E-state index contributed by atoms with van der Waals surface area (Å²) in [5.74, 6) is -1.42. The molecule has 1 rings (SSSR count). The number of aliphatic carboxylic acids is 1. The van der Waals surface area contributed by atoms with E-state index in [0.717, 1.165) is 0 Å². The zero-order valence-electron chi connectivity index (χ0n) is 9.97. The third-order valence-corrected chi connectivity index (χ3v) is 2.56. The van der Waals surface area contributed by atoms with E-state index in [-0.39, 0.29) is 17.1 Å². The second kappa shape index (κ2) is 5.25. The first-order valence-corrected chi connectivity index (χ1v) is 5.04. The normalized spacial score (nSPS) is 11.7. The minimum Gasteiger partial charge on any atom is -0.478 e. The molecule has 17 heavy (non-hydrogen) atoms. The number of pyridine rings is 1. The van der Waals surface area contributed by atoms with Crippen LogP contribution in [0.25, 0.3) is 0 Å². The lowest BCUT2D eigenvalue weighted by Gasteiger charge is -2.17. The van der Waals surface area contributed by atoms with Crippen molar-refractivity contribution in [3.05, 3.63) is 35.7 Å². The van der Waals surface area contributed by atoms with Crippen molar-refractivity contribution in [2.45, 2.75) is 13.8 Å². The molecule has 0 saturated carbocycles. The van der Waals surface area contributed by atoms with Crippen LogP contribution in [0.3, 0.4) is 0 Å². The Labute approximate surface area is 99.4 Å². The molecule has 1 aromatic heterocycles. The molecule has 0 aromatic carbocycles. The molecule has 1 amide bonds. The van der Waals surface area contributed by atoms with Gasteiger partial charge in [0.05, 0.1) is 0 Å². The maximum atomic E-state index is 12.0. The highest BCUT2D eigenvalue weighted by Crippen LogP contribution is 2.14. The van der Waals surface area contributed by atoms with Gasteiger partial charge in [-0.1, -0.05) is 0 Å². The molecule has 0 aliphatic heterocycles. The highest BCUT2D eigenvalue weighted by molar-refractivity contribution is 6.09. The molecular weight excluding hydrogens is 220 g/mol. The first-order valence-electron chi connectivity index (χ1n) is 5.04. The van der Waals surface area contributed by atoms with Gasteiger partial charge in [0.1, 0.15) is 0 Å². The molecule has 0 radical (unpaired) electrons. The summed E-state index contributed by atoms with van der Waals surface area (Å²) < 4.78 is 0. The van der Waals surface area contributed by atoms with Gasteiger partial charge < -0.3 is 10.0 Å². The number of hydrogen-bond donors (Lipinski definition) is 1. The van der Waals surface area contributed by atoms with Crippen molar-refractivity contribution >= 4 is 17.6 Å². The second-order valence-electron chi connectivity index (χ2n) is 3.62. The summed E-state index contributed by atoms with van der Waals surface area (Å²) in [6, 6.07) is 3.36. The molecule has 0 unspecified atom stereocenters. The van der Waals surface area contributed by atoms with Crippen molar-refractivity contribution in [3.8, 4) is 0 Å². The van der Waals surface area contributed by atoms with E-state index in [0.29, 0.717) is 5.69 Å². The van der Waals surface area contributed by atoms with Gasteiger partial charge in [0, 0.05) is 36.3 Å². The molecule has 1 heterocycles. The van der Waals surface area contributed by atoms with Crippen molar-refractivity contribution in [3.63, 3.8) is 0 Å². The number of carbonyl (C=O) groups is 2. The van der Waals surface area contributed by atoms with Crippen molar-refractivity contribution in [2.75, 3.05) is 11.9 Å². The molecule has 0 aliphatic rings. The van der Waals surface area contributed by atoms with Crippen LogP contribution in [0.15, 0.2) is 35.7 Å². The predicted molar refractivity (Wildman–Crippen MR) is 63.7 cm³/mol. The van der Waals surface area contributed by atoms with Crippen LogP contribution in [0.2, 0.25) is 0 Å². The van der Waals surface area contributed by atoms with Crippen molar-refractivity contribution in [1.29, 1.82) is 0 Å². The number of carbonyl (C=O) groups excluding carboxylic acids is 1. The number of anilines is 1. The lowest BCUT2D eigenvalue weighted by atomic mass is 10.1. The van der Waals surface area contributed by atoms with E-state index in [1.54, 1.807) is 31.6 Å². The van der Waals surface area contributed by atoms with Gasteiger partial charge in [-0.2, -0.15) is 0 Å². The van der Waals surface area contributed by atoms with Crippen LogP contribution >= 0.6 is 0 Å². The van der Waals surface area contributed by atoms with E-state index >= 15 is 0 Å².